The molecular weight excluding hydrogens is 276 g/mol. The third-order valence-electron chi connectivity index (χ3n) is 3.96. The number of aromatic nitrogens is 3. The summed E-state index contributed by atoms with van der Waals surface area (Å²) >= 11 is 1.52. The van der Waals surface area contributed by atoms with E-state index in [1.165, 1.54) is 11.3 Å². The van der Waals surface area contributed by atoms with E-state index < -0.39 is 0 Å². The molecule has 0 radical (unpaired) electrons. The van der Waals surface area contributed by atoms with Crippen molar-refractivity contribution in [1.29, 1.82) is 0 Å². The Morgan fingerprint density at radius 2 is 2.15 bits per heavy atom. The zero-order chi connectivity index (χ0) is 13.5. The van der Waals surface area contributed by atoms with Gasteiger partial charge < -0.3 is 10.3 Å². The summed E-state index contributed by atoms with van der Waals surface area (Å²) in [4.78, 5) is 13.8. The van der Waals surface area contributed by atoms with Crippen LogP contribution in [0.15, 0.2) is 9.90 Å². The van der Waals surface area contributed by atoms with Crippen LogP contribution in [0.3, 0.4) is 0 Å². The Kier molecular flexibility index (Phi) is 3.03. The second-order valence-electron chi connectivity index (χ2n) is 5.14. The van der Waals surface area contributed by atoms with E-state index in [2.05, 4.69) is 24.9 Å². The van der Waals surface area contributed by atoms with Crippen molar-refractivity contribution in [2.75, 3.05) is 32.7 Å². The molecule has 8 heteroatoms. The Hall–Kier alpha value is -1.35. The maximum atomic E-state index is 5.57. The average molecular weight is 292 g/mol. The van der Waals surface area contributed by atoms with Gasteiger partial charge in [-0.25, -0.2) is 4.98 Å². The molecule has 0 saturated carbocycles. The molecule has 7 nitrogen and oxygen atoms in total. The Labute approximate surface area is 120 Å². The largest absolute Gasteiger partial charge is 0.332 e. The van der Waals surface area contributed by atoms with Crippen LogP contribution >= 0.6 is 11.3 Å². The van der Waals surface area contributed by atoms with Gasteiger partial charge in [0.15, 0.2) is 5.82 Å². The summed E-state index contributed by atoms with van der Waals surface area (Å²) in [7, 11) is 0. The third-order valence-corrected chi connectivity index (χ3v) is 4.84. The van der Waals surface area contributed by atoms with Gasteiger partial charge in [0.2, 0.25) is 0 Å². The summed E-state index contributed by atoms with van der Waals surface area (Å²) in [5.74, 6) is 1.26. The van der Waals surface area contributed by atoms with Crippen molar-refractivity contribution in [3.63, 3.8) is 0 Å². The fourth-order valence-corrected chi connectivity index (χ4v) is 3.49. The summed E-state index contributed by atoms with van der Waals surface area (Å²) in [5, 5.41) is 6.94. The van der Waals surface area contributed by atoms with E-state index in [1.54, 1.807) is 0 Å². The molecule has 5 rings (SSSR count). The summed E-state index contributed by atoms with van der Waals surface area (Å²) < 4.78 is 5.37. The molecule has 20 heavy (non-hydrogen) atoms. The maximum Gasteiger partial charge on any atom is 0.277 e. The molecule has 0 aliphatic carbocycles. The van der Waals surface area contributed by atoms with Crippen molar-refractivity contribution in [1.82, 2.24) is 24.9 Å². The van der Waals surface area contributed by atoms with Crippen molar-refractivity contribution < 1.29 is 4.52 Å². The summed E-state index contributed by atoms with van der Waals surface area (Å²) in [6.45, 7) is 5.90. The molecule has 2 aromatic heterocycles. The minimum absolute atomic E-state index is 0.252. The molecule has 2 N–H and O–H groups in total. The van der Waals surface area contributed by atoms with Crippen LogP contribution in [0, 0.1) is 0 Å². The molecule has 1 atom stereocenters. The van der Waals surface area contributed by atoms with Crippen molar-refractivity contribution in [3.8, 4) is 11.6 Å². The van der Waals surface area contributed by atoms with Crippen LogP contribution in [0.4, 0.5) is 0 Å². The van der Waals surface area contributed by atoms with Gasteiger partial charge in [-0.2, -0.15) is 4.98 Å². The van der Waals surface area contributed by atoms with Gasteiger partial charge in [-0.3, -0.25) is 9.80 Å². The molecule has 0 aromatic carbocycles. The third kappa shape index (κ3) is 2.05. The van der Waals surface area contributed by atoms with Crippen LogP contribution in [0.2, 0.25) is 0 Å². The van der Waals surface area contributed by atoms with Gasteiger partial charge in [-0.15, -0.1) is 11.3 Å². The van der Waals surface area contributed by atoms with E-state index in [9.17, 15) is 0 Å². The Bertz CT molecular complexity index is 603. The van der Waals surface area contributed by atoms with E-state index in [4.69, 9.17) is 10.3 Å². The Morgan fingerprint density at radius 1 is 1.30 bits per heavy atom. The minimum atomic E-state index is 0.252. The first-order valence-electron chi connectivity index (χ1n) is 6.78. The predicted molar refractivity (Wildman–Crippen MR) is 74.1 cm³/mol. The lowest BCUT2D eigenvalue weighted by Crippen LogP contribution is -2.57. The molecule has 106 valence electrons. The zero-order valence-corrected chi connectivity index (χ0v) is 11.8. The fraction of sp³-hybridized carbons (Fsp3) is 0.583. The van der Waals surface area contributed by atoms with Crippen LogP contribution in [0.1, 0.15) is 16.9 Å². The van der Waals surface area contributed by atoms with Crippen LogP contribution in [-0.2, 0) is 6.54 Å². The van der Waals surface area contributed by atoms with Gasteiger partial charge in [0.1, 0.15) is 10.7 Å². The summed E-state index contributed by atoms with van der Waals surface area (Å²) in [5.41, 5.74) is 6.30. The van der Waals surface area contributed by atoms with E-state index in [-0.39, 0.29) is 6.04 Å². The lowest BCUT2D eigenvalue weighted by Gasteiger charge is -2.46. The van der Waals surface area contributed by atoms with Crippen LogP contribution in [0.5, 0.6) is 0 Å². The van der Waals surface area contributed by atoms with Crippen molar-refractivity contribution >= 4 is 11.3 Å². The normalized spacial score (nSPS) is 28.9. The molecule has 0 amide bonds. The number of rotatable bonds is 3. The second kappa shape index (κ2) is 4.88. The zero-order valence-electron chi connectivity index (χ0n) is 11.0. The smallest absolute Gasteiger partial charge is 0.277 e. The number of piperazine rings is 3. The minimum Gasteiger partial charge on any atom is -0.332 e. The molecule has 0 spiro atoms. The number of hydrogen-bond acceptors (Lipinski definition) is 8. The van der Waals surface area contributed by atoms with Crippen molar-refractivity contribution in [2.45, 2.75) is 12.6 Å². The topological polar surface area (TPSA) is 84.3 Å². The highest BCUT2D eigenvalue weighted by atomic mass is 32.1. The highest BCUT2D eigenvalue weighted by Gasteiger charge is 2.35. The van der Waals surface area contributed by atoms with Crippen LogP contribution in [-0.4, -0.2) is 57.6 Å². The molecule has 2 aromatic rings. The summed E-state index contributed by atoms with van der Waals surface area (Å²) in [6.07, 6.45) is 0. The molecule has 1 unspecified atom stereocenters. The monoisotopic (exact) mass is 292 g/mol. The first-order valence-corrected chi connectivity index (χ1v) is 7.66. The highest BCUT2D eigenvalue weighted by Crippen LogP contribution is 2.28. The standard InChI is InChI=1S/C12H16N6OS/c13-5-10-14-8(7-20-10)12-15-11(16-19-12)9-6-17-1-3-18(9)4-2-17/h7,9H,1-6,13H2. The Balaban J connectivity index is 1.58. The van der Waals surface area contributed by atoms with Gasteiger partial charge in [-0.05, 0) is 0 Å². The highest BCUT2D eigenvalue weighted by molar-refractivity contribution is 7.09. The van der Waals surface area contributed by atoms with E-state index in [0.717, 1.165) is 49.2 Å². The Morgan fingerprint density at radius 3 is 2.80 bits per heavy atom. The molecule has 3 aliphatic heterocycles. The van der Waals surface area contributed by atoms with Gasteiger partial charge in [-0.1, -0.05) is 5.16 Å². The molecule has 3 fully saturated rings. The predicted octanol–water partition coefficient (Wildman–Crippen LogP) is 0.324. The average Bonchev–Trinajstić information content (AvgIpc) is 3.17. The van der Waals surface area contributed by atoms with Crippen LogP contribution in [0.25, 0.3) is 11.6 Å². The molecule has 5 heterocycles. The van der Waals surface area contributed by atoms with Crippen molar-refractivity contribution in [3.05, 3.63) is 16.2 Å². The lowest BCUT2D eigenvalue weighted by atomic mass is 10.1. The molecule has 2 bridgehead atoms. The first-order chi connectivity index (χ1) is 9.83. The number of fused-ring (bicyclic) bond motifs is 3. The summed E-state index contributed by atoms with van der Waals surface area (Å²) in [6, 6.07) is 0.252. The van der Waals surface area contributed by atoms with Crippen molar-refractivity contribution in [2.24, 2.45) is 5.73 Å². The first kappa shape index (κ1) is 12.4. The van der Waals surface area contributed by atoms with E-state index in [0.29, 0.717) is 12.4 Å². The van der Waals surface area contributed by atoms with Gasteiger partial charge >= 0.3 is 0 Å². The number of hydrogen-bond donors (Lipinski definition) is 1. The number of nitrogens with zero attached hydrogens (tertiary/aromatic N) is 5. The van der Waals surface area contributed by atoms with E-state index >= 15 is 0 Å². The van der Waals surface area contributed by atoms with Gasteiger partial charge in [0.05, 0.1) is 6.04 Å². The molecule has 3 aliphatic rings. The SMILES string of the molecule is NCc1nc(-c2nc(C3CN4CCN3CC4)no2)cs1. The second-order valence-corrected chi connectivity index (χ2v) is 6.08. The number of nitrogens with two attached hydrogens (primary N) is 1. The fourth-order valence-electron chi connectivity index (χ4n) is 2.84. The quantitative estimate of drug-likeness (QED) is 0.872. The molecule has 3 saturated heterocycles. The van der Waals surface area contributed by atoms with Gasteiger partial charge in [0.25, 0.3) is 5.89 Å². The number of thiazole rings is 1. The van der Waals surface area contributed by atoms with Crippen LogP contribution < -0.4 is 5.73 Å². The van der Waals surface area contributed by atoms with Gasteiger partial charge in [0, 0.05) is 44.6 Å². The van der Waals surface area contributed by atoms with E-state index in [1.807, 2.05) is 5.38 Å². The lowest BCUT2D eigenvalue weighted by molar-refractivity contribution is 0.00781. The maximum absolute atomic E-state index is 5.57. The molecular formula is C12H16N6OS.